The summed E-state index contributed by atoms with van der Waals surface area (Å²) in [5, 5.41) is 6.78. The average molecular weight is 308 g/mol. The Balaban J connectivity index is 1.76. The molecule has 7 heteroatoms. The number of likely N-dealkylation sites (tertiary alicyclic amines) is 1. The zero-order chi connectivity index (χ0) is 16.1. The lowest BCUT2D eigenvalue weighted by Crippen LogP contribution is -2.45. The van der Waals surface area contributed by atoms with Crippen molar-refractivity contribution in [2.75, 3.05) is 19.6 Å². The molecule has 22 heavy (non-hydrogen) atoms. The van der Waals surface area contributed by atoms with Crippen LogP contribution in [-0.2, 0) is 16.0 Å². The Morgan fingerprint density at radius 1 is 1.50 bits per heavy atom. The molecule has 1 aromatic rings. The van der Waals surface area contributed by atoms with Crippen LogP contribution >= 0.6 is 0 Å². The van der Waals surface area contributed by atoms with Gasteiger partial charge < -0.3 is 14.7 Å². The highest BCUT2D eigenvalue weighted by Gasteiger charge is 2.29. The first-order valence-electron chi connectivity index (χ1n) is 7.89. The first kappa shape index (κ1) is 16.5. The summed E-state index contributed by atoms with van der Waals surface area (Å²) in [6, 6.07) is 0. The van der Waals surface area contributed by atoms with E-state index in [-0.39, 0.29) is 23.7 Å². The summed E-state index contributed by atoms with van der Waals surface area (Å²) < 4.78 is 5.14. The normalized spacial score (nSPS) is 18.8. The van der Waals surface area contributed by atoms with Gasteiger partial charge in [-0.05, 0) is 13.3 Å². The molecule has 7 nitrogen and oxygen atoms in total. The smallest absolute Gasteiger partial charge is 0.228 e. The van der Waals surface area contributed by atoms with E-state index in [1.54, 1.807) is 4.90 Å². The molecule has 2 heterocycles. The Morgan fingerprint density at radius 2 is 2.27 bits per heavy atom. The number of hydrogen-bond donors (Lipinski definition) is 1. The Bertz CT molecular complexity index is 527. The van der Waals surface area contributed by atoms with E-state index in [4.69, 9.17) is 4.52 Å². The predicted octanol–water partition coefficient (Wildman–Crippen LogP) is 1.11. The molecule has 1 saturated heterocycles. The minimum absolute atomic E-state index is 0.00505. The molecular weight excluding hydrogens is 284 g/mol. The quantitative estimate of drug-likeness (QED) is 0.850. The second-order valence-corrected chi connectivity index (χ2v) is 5.91. The molecule has 0 saturated carbocycles. The van der Waals surface area contributed by atoms with E-state index in [0.717, 1.165) is 0 Å². The van der Waals surface area contributed by atoms with Crippen LogP contribution in [0.25, 0.3) is 0 Å². The number of carbonyl (C=O) groups is 2. The fourth-order valence-electron chi connectivity index (χ4n) is 2.48. The van der Waals surface area contributed by atoms with Crippen molar-refractivity contribution in [1.82, 2.24) is 20.4 Å². The zero-order valence-electron chi connectivity index (χ0n) is 13.5. The second kappa shape index (κ2) is 7.38. The lowest BCUT2D eigenvalue weighted by molar-refractivity contribution is -0.138. The zero-order valence-corrected chi connectivity index (χ0v) is 13.5. The molecule has 2 amide bonds. The number of amides is 2. The van der Waals surface area contributed by atoms with E-state index < -0.39 is 0 Å². The van der Waals surface area contributed by atoms with Crippen LogP contribution in [0.2, 0.25) is 0 Å². The van der Waals surface area contributed by atoms with Crippen LogP contribution in [0.4, 0.5) is 0 Å². The van der Waals surface area contributed by atoms with Gasteiger partial charge in [0.15, 0.2) is 5.82 Å². The van der Waals surface area contributed by atoms with Gasteiger partial charge in [0, 0.05) is 38.4 Å². The van der Waals surface area contributed by atoms with Crippen molar-refractivity contribution in [2.24, 2.45) is 5.92 Å². The molecule has 1 aromatic heterocycles. The molecule has 0 spiro atoms. The molecule has 0 aliphatic carbocycles. The van der Waals surface area contributed by atoms with Gasteiger partial charge in [-0.1, -0.05) is 19.0 Å². The largest absolute Gasteiger partial charge is 0.355 e. The number of hydrogen-bond acceptors (Lipinski definition) is 5. The molecule has 1 N–H and O–H groups in total. The van der Waals surface area contributed by atoms with E-state index in [2.05, 4.69) is 15.5 Å². The van der Waals surface area contributed by atoms with Crippen LogP contribution < -0.4 is 5.32 Å². The van der Waals surface area contributed by atoms with E-state index in [1.807, 2.05) is 20.8 Å². The van der Waals surface area contributed by atoms with Crippen LogP contribution in [-0.4, -0.2) is 46.5 Å². The maximum atomic E-state index is 12.2. The number of rotatable bonds is 6. The summed E-state index contributed by atoms with van der Waals surface area (Å²) in [7, 11) is 0. The van der Waals surface area contributed by atoms with Crippen molar-refractivity contribution in [2.45, 2.75) is 46.0 Å². The van der Waals surface area contributed by atoms with Crippen LogP contribution in [0.5, 0.6) is 0 Å². The fraction of sp³-hybridized carbons (Fsp3) is 0.733. The molecule has 0 unspecified atom stereocenters. The topological polar surface area (TPSA) is 88.3 Å². The summed E-state index contributed by atoms with van der Waals surface area (Å²) in [5.74, 6) is 1.47. The molecule has 0 bridgehead atoms. The monoisotopic (exact) mass is 308 g/mol. The number of aromatic nitrogens is 2. The number of nitrogens with one attached hydrogen (secondary N) is 1. The van der Waals surface area contributed by atoms with Crippen molar-refractivity contribution in [3.63, 3.8) is 0 Å². The van der Waals surface area contributed by atoms with Crippen molar-refractivity contribution in [1.29, 1.82) is 0 Å². The number of piperidine rings is 1. The van der Waals surface area contributed by atoms with E-state index in [9.17, 15) is 9.59 Å². The maximum Gasteiger partial charge on any atom is 0.228 e. The summed E-state index contributed by atoms with van der Waals surface area (Å²) in [5.41, 5.74) is 0. The van der Waals surface area contributed by atoms with Gasteiger partial charge in [0.05, 0.1) is 5.92 Å². The number of nitrogens with zero attached hydrogens (tertiary/aromatic N) is 3. The molecule has 1 aliphatic heterocycles. The average Bonchev–Trinajstić information content (AvgIpc) is 2.96. The number of carbonyl (C=O) groups excluding carboxylic acids is 2. The van der Waals surface area contributed by atoms with Crippen LogP contribution in [0.3, 0.4) is 0 Å². The highest BCUT2D eigenvalue weighted by atomic mass is 16.5. The van der Waals surface area contributed by atoms with Crippen LogP contribution in [0.1, 0.15) is 51.2 Å². The van der Waals surface area contributed by atoms with Crippen LogP contribution in [0.15, 0.2) is 4.52 Å². The van der Waals surface area contributed by atoms with Gasteiger partial charge in [-0.3, -0.25) is 9.59 Å². The second-order valence-electron chi connectivity index (χ2n) is 5.91. The molecule has 122 valence electrons. The fourth-order valence-corrected chi connectivity index (χ4v) is 2.48. The molecule has 0 aromatic carbocycles. The summed E-state index contributed by atoms with van der Waals surface area (Å²) in [4.78, 5) is 29.8. The predicted molar refractivity (Wildman–Crippen MR) is 80.1 cm³/mol. The highest BCUT2D eigenvalue weighted by Crippen LogP contribution is 2.17. The summed E-state index contributed by atoms with van der Waals surface area (Å²) >= 11 is 0. The Labute approximate surface area is 130 Å². The highest BCUT2D eigenvalue weighted by molar-refractivity contribution is 5.83. The Morgan fingerprint density at radius 3 is 2.91 bits per heavy atom. The molecule has 1 atom stereocenters. The summed E-state index contributed by atoms with van der Waals surface area (Å²) in [6.07, 6.45) is 1.60. The van der Waals surface area contributed by atoms with Gasteiger partial charge in [0.1, 0.15) is 0 Å². The van der Waals surface area contributed by atoms with Gasteiger partial charge in [0.2, 0.25) is 17.7 Å². The lowest BCUT2D eigenvalue weighted by atomic mass is 9.96. The third kappa shape index (κ3) is 4.05. The van der Waals surface area contributed by atoms with Crippen molar-refractivity contribution < 1.29 is 14.1 Å². The van der Waals surface area contributed by atoms with E-state index in [0.29, 0.717) is 50.6 Å². The molecular formula is C15H24N4O3. The third-order valence-corrected chi connectivity index (χ3v) is 3.89. The van der Waals surface area contributed by atoms with Crippen LogP contribution in [0, 0.1) is 5.92 Å². The standard InChI is InChI=1S/C15H24N4O3/c1-4-19-9-11(5-6-13(19)20)15(21)16-8-7-12-17-14(10(2)3)18-22-12/h10-11H,4-9H2,1-3H3,(H,16,21)/t11-/m0/s1. The van der Waals surface area contributed by atoms with Crippen molar-refractivity contribution in [3.05, 3.63) is 11.7 Å². The van der Waals surface area contributed by atoms with Crippen molar-refractivity contribution in [3.8, 4) is 0 Å². The van der Waals surface area contributed by atoms with Gasteiger partial charge >= 0.3 is 0 Å². The Hall–Kier alpha value is -1.92. The van der Waals surface area contributed by atoms with E-state index in [1.165, 1.54) is 0 Å². The molecule has 2 rings (SSSR count). The lowest BCUT2D eigenvalue weighted by Gasteiger charge is -2.30. The molecule has 1 fully saturated rings. The van der Waals surface area contributed by atoms with Gasteiger partial charge in [-0.15, -0.1) is 0 Å². The van der Waals surface area contributed by atoms with Gasteiger partial charge in [0.25, 0.3) is 0 Å². The van der Waals surface area contributed by atoms with E-state index >= 15 is 0 Å². The molecule has 1 aliphatic rings. The first-order chi connectivity index (χ1) is 10.5. The van der Waals surface area contributed by atoms with Gasteiger partial charge in [-0.2, -0.15) is 4.98 Å². The summed E-state index contributed by atoms with van der Waals surface area (Å²) in [6.45, 7) is 7.57. The third-order valence-electron chi connectivity index (χ3n) is 3.89. The minimum atomic E-state index is -0.119. The maximum absolute atomic E-state index is 12.2. The first-order valence-corrected chi connectivity index (χ1v) is 7.89. The molecule has 0 radical (unpaired) electrons. The minimum Gasteiger partial charge on any atom is -0.355 e. The Kier molecular flexibility index (Phi) is 5.51. The SMILES string of the molecule is CCN1C[C@@H](C(=O)NCCc2nc(C(C)C)no2)CCC1=O. The van der Waals surface area contributed by atoms with Gasteiger partial charge in [-0.25, -0.2) is 0 Å². The van der Waals surface area contributed by atoms with Crippen molar-refractivity contribution >= 4 is 11.8 Å².